The van der Waals surface area contributed by atoms with Crippen LogP contribution in [0.4, 0.5) is 11.4 Å². The molecule has 1 aliphatic heterocycles. The number of hydrogen-bond donors (Lipinski definition) is 2. The summed E-state index contributed by atoms with van der Waals surface area (Å²) in [4.78, 5) is 22.2. The highest BCUT2D eigenvalue weighted by Crippen LogP contribution is 2.34. The Balaban J connectivity index is 1.96. The van der Waals surface area contributed by atoms with Crippen molar-refractivity contribution < 1.29 is 14.5 Å². The Morgan fingerprint density at radius 2 is 2.04 bits per heavy atom. The lowest BCUT2D eigenvalue weighted by molar-refractivity contribution is -0.384. The first-order chi connectivity index (χ1) is 12.1. The Bertz CT molecular complexity index is 773. The van der Waals surface area contributed by atoms with Gasteiger partial charge in [-0.2, -0.15) is 0 Å². The van der Waals surface area contributed by atoms with Crippen molar-refractivity contribution in [1.29, 1.82) is 0 Å². The molecular formula is C18H19N3O4. The van der Waals surface area contributed by atoms with Crippen LogP contribution in [0.2, 0.25) is 0 Å². The molecule has 1 aliphatic rings. The summed E-state index contributed by atoms with van der Waals surface area (Å²) in [5, 5.41) is 14.7. The average molecular weight is 341 g/mol. The topological polar surface area (TPSA) is 107 Å². The number of benzene rings is 2. The zero-order chi connectivity index (χ0) is 17.8. The van der Waals surface area contributed by atoms with Gasteiger partial charge in [-0.1, -0.05) is 30.3 Å². The van der Waals surface area contributed by atoms with E-state index >= 15 is 0 Å². The predicted molar refractivity (Wildman–Crippen MR) is 93.4 cm³/mol. The fourth-order valence-electron chi connectivity index (χ4n) is 3.04. The zero-order valence-electron chi connectivity index (χ0n) is 13.6. The van der Waals surface area contributed by atoms with Gasteiger partial charge >= 0.3 is 0 Å². The molecule has 1 heterocycles. The molecule has 2 atom stereocenters. The molecule has 3 N–H and O–H groups in total. The van der Waals surface area contributed by atoms with Crippen LogP contribution in [0.1, 0.15) is 34.8 Å². The summed E-state index contributed by atoms with van der Waals surface area (Å²) in [5.74, 6) is -0.701. The zero-order valence-corrected chi connectivity index (χ0v) is 13.6. The lowest BCUT2D eigenvalue weighted by Gasteiger charge is -2.25. The average Bonchev–Trinajstić information content (AvgIpc) is 3.14. The van der Waals surface area contributed by atoms with E-state index in [4.69, 9.17) is 10.5 Å². The van der Waals surface area contributed by atoms with Gasteiger partial charge in [0.25, 0.3) is 5.69 Å². The van der Waals surface area contributed by atoms with Crippen LogP contribution in [-0.4, -0.2) is 23.5 Å². The van der Waals surface area contributed by atoms with Gasteiger partial charge in [0, 0.05) is 18.2 Å². The monoisotopic (exact) mass is 341 g/mol. The number of nitro benzene ring substituents is 1. The highest BCUT2D eigenvalue weighted by atomic mass is 16.6. The van der Waals surface area contributed by atoms with E-state index in [0.717, 1.165) is 18.4 Å². The van der Waals surface area contributed by atoms with Crippen LogP contribution in [0.5, 0.6) is 0 Å². The standard InChI is InChI=1S/C18H19N3O4/c19-18(22)13-8-9-14(15(11-13)21(23)24)20-17(16-7-4-10-25-16)12-5-2-1-3-6-12/h1-3,5-6,8-9,11,16-17,20H,4,7,10H2,(H2,19,22)/t16-,17+/m0/s1. The molecule has 2 aromatic carbocycles. The van der Waals surface area contributed by atoms with E-state index in [9.17, 15) is 14.9 Å². The van der Waals surface area contributed by atoms with Gasteiger partial charge in [-0.3, -0.25) is 14.9 Å². The minimum atomic E-state index is -0.701. The minimum Gasteiger partial charge on any atom is -0.376 e. The van der Waals surface area contributed by atoms with Gasteiger partial charge in [0.05, 0.1) is 17.1 Å². The number of nitro groups is 1. The van der Waals surface area contributed by atoms with Crippen LogP contribution >= 0.6 is 0 Å². The molecule has 130 valence electrons. The largest absolute Gasteiger partial charge is 0.376 e. The van der Waals surface area contributed by atoms with Crippen LogP contribution in [0.25, 0.3) is 0 Å². The van der Waals surface area contributed by atoms with Crippen molar-refractivity contribution in [2.45, 2.75) is 25.0 Å². The maximum Gasteiger partial charge on any atom is 0.293 e. The smallest absolute Gasteiger partial charge is 0.293 e. The van der Waals surface area contributed by atoms with Crippen molar-refractivity contribution in [2.24, 2.45) is 5.73 Å². The lowest BCUT2D eigenvalue weighted by Crippen LogP contribution is -2.25. The number of ether oxygens (including phenoxy) is 1. The molecule has 7 heteroatoms. The van der Waals surface area contributed by atoms with E-state index in [1.807, 2.05) is 30.3 Å². The molecule has 0 saturated carbocycles. The third-order valence-corrected chi connectivity index (χ3v) is 4.29. The highest BCUT2D eigenvalue weighted by Gasteiger charge is 2.29. The second-order valence-corrected chi connectivity index (χ2v) is 5.94. The van der Waals surface area contributed by atoms with Crippen molar-refractivity contribution in [3.8, 4) is 0 Å². The number of hydrogen-bond acceptors (Lipinski definition) is 5. The van der Waals surface area contributed by atoms with E-state index in [1.54, 1.807) is 0 Å². The van der Waals surface area contributed by atoms with Crippen LogP contribution in [-0.2, 0) is 4.74 Å². The minimum absolute atomic E-state index is 0.0715. The molecular weight excluding hydrogens is 322 g/mol. The number of carbonyl (C=O) groups is 1. The molecule has 2 aromatic rings. The normalized spacial score (nSPS) is 17.8. The van der Waals surface area contributed by atoms with E-state index in [-0.39, 0.29) is 23.4 Å². The molecule has 0 unspecified atom stereocenters. The molecule has 3 rings (SSSR count). The summed E-state index contributed by atoms with van der Waals surface area (Å²) in [6.45, 7) is 0.679. The van der Waals surface area contributed by atoms with E-state index in [2.05, 4.69) is 5.32 Å². The van der Waals surface area contributed by atoms with Crippen molar-refractivity contribution >= 4 is 17.3 Å². The molecule has 7 nitrogen and oxygen atoms in total. The molecule has 0 bridgehead atoms. The summed E-state index contributed by atoms with van der Waals surface area (Å²) < 4.78 is 5.80. The summed E-state index contributed by atoms with van der Waals surface area (Å²) in [6.07, 6.45) is 1.76. The van der Waals surface area contributed by atoms with Gasteiger partial charge in [0.1, 0.15) is 5.69 Å². The molecule has 0 spiro atoms. The lowest BCUT2D eigenvalue weighted by atomic mass is 9.98. The number of primary amides is 1. The van der Waals surface area contributed by atoms with Crippen molar-refractivity contribution in [2.75, 3.05) is 11.9 Å². The molecule has 0 radical (unpaired) electrons. The Morgan fingerprint density at radius 3 is 2.64 bits per heavy atom. The fraction of sp³-hybridized carbons (Fsp3) is 0.278. The van der Waals surface area contributed by atoms with Gasteiger partial charge in [-0.25, -0.2) is 0 Å². The fourth-order valence-corrected chi connectivity index (χ4v) is 3.04. The highest BCUT2D eigenvalue weighted by molar-refractivity contribution is 5.94. The summed E-state index contributed by atoms with van der Waals surface area (Å²) in [7, 11) is 0. The molecule has 0 aliphatic carbocycles. The Kier molecular flexibility index (Phi) is 4.95. The van der Waals surface area contributed by atoms with Gasteiger partial charge in [0.15, 0.2) is 0 Å². The van der Waals surface area contributed by atoms with Crippen molar-refractivity contribution in [3.63, 3.8) is 0 Å². The van der Waals surface area contributed by atoms with E-state index in [1.165, 1.54) is 18.2 Å². The molecule has 25 heavy (non-hydrogen) atoms. The second kappa shape index (κ2) is 7.31. The molecule has 1 amide bonds. The predicted octanol–water partition coefficient (Wildman–Crippen LogP) is 3.03. The van der Waals surface area contributed by atoms with Crippen molar-refractivity contribution in [3.05, 3.63) is 69.8 Å². The van der Waals surface area contributed by atoms with Crippen LogP contribution in [0.3, 0.4) is 0 Å². The number of nitrogens with one attached hydrogen (secondary N) is 1. The number of anilines is 1. The molecule has 1 saturated heterocycles. The Hall–Kier alpha value is -2.93. The maximum atomic E-state index is 11.4. The third kappa shape index (κ3) is 3.77. The Morgan fingerprint density at radius 1 is 1.28 bits per heavy atom. The Labute approximate surface area is 144 Å². The summed E-state index contributed by atoms with van der Waals surface area (Å²) in [6, 6.07) is 13.7. The molecule has 0 aromatic heterocycles. The summed E-state index contributed by atoms with van der Waals surface area (Å²) >= 11 is 0. The third-order valence-electron chi connectivity index (χ3n) is 4.29. The summed E-state index contributed by atoms with van der Waals surface area (Å²) in [5.41, 5.74) is 6.46. The SMILES string of the molecule is NC(=O)c1ccc(N[C@H](c2ccccc2)[C@@H]2CCCO2)c([N+](=O)[O-])c1. The van der Waals surface area contributed by atoms with Crippen LogP contribution in [0.15, 0.2) is 48.5 Å². The number of rotatable bonds is 6. The van der Waals surface area contributed by atoms with Crippen LogP contribution < -0.4 is 11.1 Å². The first kappa shape index (κ1) is 16.9. The van der Waals surface area contributed by atoms with E-state index in [0.29, 0.717) is 12.3 Å². The first-order valence-corrected chi connectivity index (χ1v) is 8.07. The number of carbonyl (C=O) groups excluding carboxylic acids is 1. The van der Waals surface area contributed by atoms with Crippen LogP contribution in [0, 0.1) is 10.1 Å². The van der Waals surface area contributed by atoms with Gasteiger partial charge < -0.3 is 15.8 Å². The van der Waals surface area contributed by atoms with Gasteiger partial charge in [-0.05, 0) is 30.5 Å². The number of nitrogens with zero attached hydrogens (tertiary/aromatic N) is 1. The maximum absolute atomic E-state index is 11.4. The van der Waals surface area contributed by atoms with Crippen molar-refractivity contribution in [1.82, 2.24) is 0 Å². The van der Waals surface area contributed by atoms with Gasteiger partial charge in [0.2, 0.25) is 5.91 Å². The second-order valence-electron chi connectivity index (χ2n) is 5.94. The van der Waals surface area contributed by atoms with Gasteiger partial charge in [-0.15, -0.1) is 0 Å². The first-order valence-electron chi connectivity index (χ1n) is 8.07. The van der Waals surface area contributed by atoms with E-state index < -0.39 is 10.8 Å². The quantitative estimate of drug-likeness (QED) is 0.620. The number of amides is 1. The number of nitrogens with two attached hydrogens (primary N) is 1. The molecule has 1 fully saturated rings.